The van der Waals surface area contributed by atoms with Crippen LogP contribution in [0.2, 0.25) is 18.1 Å². The Labute approximate surface area is 171 Å². The third-order valence-electron chi connectivity index (χ3n) is 5.13. The second-order valence-corrected chi connectivity index (χ2v) is 13.1. The molecule has 0 bridgehead atoms. The molecule has 0 aliphatic carbocycles. The molecule has 28 heavy (non-hydrogen) atoms. The molecule has 2 aromatic rings. The first kappa shape index (κ1) is 22.2. The predicted molar refractivity (Wildman–Crippen MR) is 122 cm³/mol. The highest BCUT2D eigenvalue weighted by molar-refractivity contribution is 6.74. The van der Waals surface area contributed by atoms with Crippen molar-refractivity contribution in [3.8, 4) is 11.8 Å². The number of ether oxygens (including phenoxy) is 1. The van der Waals surface area contributed by atoms with Crippen LogP contribution in [-0.4, -0.2) is 21.5 Å². The lowest BCUT2D eigenvalue weighted by Gasteiger charge is -2.35. The molecule has 0 spiro atoms. The smallest absolute Gasteiger partial charge is 0.193 e. The lowest BCUT2D eigenvalue weighted by atomic mass is 10.1. The molecule has 0 saturated carbocycles. The fourth-order valence-electron chi connectivity index (χ4n) is 2.32. The number of hydrogen-bond donors (Lipinski definition) is 0. The minimum atomic E-state index is -1.75. The van der Waals surface area contributed by atoms with Gasteiger partial charge in [-0.05, 0) is 35.3 Å². The van der Waals surface area contributed by atoms with Crippen LogP contribution in [0.3, 0.4) is 0 Å². The molecule has 0 aromatic heterocycles. The summed E-state index contributed by atoms with van der Waals surface area (Å²) in [5.41, 5.74) is 3.29. The first-order valence-corrected chi connectivity index (χ1v) is 12.7. The van der Waals surface area contributed by atoms with Crippen molar-refractivity contribution in [2.75, 3.05) is 13.2 Å². The zero-order valence-electron chi connectivity index (χ0n) is 17.8. The summed E-state index contributed by atoms with van der Waals surface area (Å²) in [5.74, 6) is 6.44. The number of benzene rings is 2. The van der Waals surface area contributed by atoms with Gasteiger partial charge in [0.05, 0.1) is 19.8 Å². The van der Waals surface area contributed by atoms with Crippen molar-refractivity contribution in [3.05, 3.63) is 77.4 Å². The molecular formula is C25H32O2Si. The normalized spacial score (nSPS) is 12.0. The summed E-state index contributed by atoms with van der Waals surface area (Å²) in [5, 5.41) is 0.202. The van der Waals surface area contributed by atoms with Crippen molar-refractivity contribution >= 4 is 14.4 Å². The van der Waals surface area contributed by atoms with Crippen LogP contribution in [0, 0.1) is 11.8 Å². The van der Waals surface area contributed by atoms with Crippen molar-refractivity contribution < 1.29 is 9.16 Å². The Hall–Kier alpha value is -2.12. The predicted octanol–water partition coefficient (Wildman–Crippen LogP) is 6.29. The maximum Gasteiger partial charge on any atom is 0.193 e. The first-order chi connectivity index (χ1) is 13.3. The lowest BCUT2D eigenvalue weighted by Crippen LogP contribution is -2.40. The standard InChI is InChI=1S/C25H32O2Si/c1-25(2,3)28(4,5)27-20-12-18-23-16-9-10-17-24(23)21-26-19-11-15-22-13-7-6-8-14-22/h6-11,13-17H,19-21H2,1-5H3/b15-11+. The van der Waals surface area contributed by atoms with Crippen LogP contribution in [0.5, 0.6) is 0 Å². The minimum Gasteiger partial charge on any atom is -0.406 e. The zero-order chi connectivity index (χ0) is 20.5. The lowest BCUT2D eigenvalue weighted by molar-refractivity contribution is 0.149. The van der Waals surface area contributed by atoms with E-state index in [9.17, 15) is 0 Å². The Bertz CT molecular complexity index is 821. The van der Waals surface area contributed by atoms with Crippen LogP contribution < -0.4 is 0 Å². The monoisotopic (exact) mass is 392 g/mol. The Balaban J connectivity index is 1.87. The van der Waals surface area contributed by atoms with E-state index < -0.39 is 8.32 Å². The summed E-state index contributed by atoms with van der Waals surface area (Å²) >= 11 is 0. The van der Waals surface area contributed by atoms with Crippen molar-refractivity contribution in [2.24, 2.45) is 0 Å². The van der Waals surface area contributed by atoms with Gasteiger partial charge in [-0.1, -0.05) is 93.3 Å². The van der Waals surface area contributed by atoms with Gasteiger partial charge in [-0.25, -0.2) is 0 Å². The Morgan fingerprint density at radius 1 is 0.964 bits per heavy atom. The van der Waals surface area contributed by atoms with Gasteiger partial charge < -0.3 is 9.16 Å². The molecule has 0 saturated heterocycles. The van der Waals surface area contributed by atoms with Gasteiger partial charge in [-0.2, -0.15) is 0 Å². The van der Waals surface area contributed by atoms with Gasteiger partial charge in [-0.3, -0.25) is 0 Å². The second kappa shape index (κ2) is 10.4. The molecule has 0 N–H and O–H groups in total. The highest BCUT2D eigenvalue weighted by Crippen LogP contribution is 2.36. The molecule has 0 heterocycles. The summed E-state index contributed by atoms with van der Waals surface area (Å²) < 4.78 is 11.9. The molecule has 148 valence electrons. The van der Waals surface area contributed by atoms with Gasteiger partial charge in [0.15, 0.2) is 8.32 Å². The third kappa shape index (κ3) is 7.13. The van der Waals surface area contributed by atoms with Gasteiger partial charge >= 0.3 is 0 Å². The van der Waals surface area contributed by atoms with E-state index in [1.807, 2.05) is 42.5 Å². The zero-order valence-corrected chi connectivity index (χ0v) is 18.8. The molecule has 0 aliphatic heterocycles. The van der Waals surface area contributed by atoms with E-state index in [2.05, 4.69) is 70.0 Å². The van der Waals surface area contributed by atoms with E-state index in [0.717, 1.165) is 11.1 Å². The summed E-state index contributed by atoms with van der Waals surface area (Å²) in [6.07, 6.45) is 4.11. The second-order valence-electron chi connectivity index (χ2n) is 8.34. The van der Waals surface area contributed by atoms with E-state index >= 15 is 0 Å². The maximum atomic E-state index is 6.14. The molecule has 0 radical (unpaired) electrons. The average Bonchev–Trinajstić information content (AvgIpc) is 2.66. The highest BCUT2D eigenvalue weighted by Gasteiger charge is 2.36. The first-order valence-electron chi connectivity index (χ1n) is 9.80. The van der Waals surface area contributed by atoms with Crippen LogP contribution in [0.15, 0.2) is 60.7 Å². The van der Waals surface area contributed by atoms with Crippen LogP contribution in [0.25, 0.3) is 6.08 Å². The molecule has 0 aliphatic rings. The molecular weight excluding hydrogens is 360 g/mol. The van der Waals surface area contributed by atoms with Crippen LogP contribution in [0.1, 0.15) is 37.5 Å². The van der Waals surface area contributed by atoms with Crippen LogP contribution in [0.4, 0.5) is 0 Å². The van der Waals surface area contributed by atoms with Gasteiger partial charge in [0.25, 0.3) is 0 Å². The fraction of sp³-hybridized carbons (Fsp3) is 0.360. The maximum absolute atomic E-state index is 6.14. The Kier molecular flexibility index (Phi) is 8.26. The van der Waals surface area contributed by atoms with Crippen molar-refractivity contribution in [1.29, 1.82) is 0 Å². The molecule has 2 aromatic carbocycles. The third-order valence-corrected chi connectivity index (χ3v) is 9.61. The Morgan fingerprint density at radius 3 is 2.36 bits per heavy atom. The number of hydrogen-bond acceptors (Lipinski definition) is 2. The fourth-order valence-corrected chi connectivity index (χ4v) is 3.18. The largest absolute Gasteiger partial charge is 0.406 e. The molecule has 0 atom stereocenters. The summed E-state index contributed by atoms with van der Waals surface area (Å²) in [6.45, 7) is 12.8. The molecule has 3 heteroatoms. The van der Waals surface area contributed by atoms with Crippen molar-refractivity contribution in [1.82, 2.24) is 0 Å². The van der Waals surface area contributed by atoms with Gasteiger partial charge in [0.2, 0.25) is 0 Å². The SMILES string of the molecule is CC(C)(C)[Si](C)(C)OCC#Cc1ccccc1COC/C=C/c1ccccc1. The van der Waals surface area contributed by atoms with Crippen LogP contribution in [-0.2, 0) is 15.8 Å². The summed E-state index contributed by atoms with van der Waals surface area (Å²) in [6, 6.07) is 18.4. The van der Waals surface area contributed by atoms with Gasteiger partial charge in [0, 0.05) is 5.56 Å². The topological polar surface area (TPSA) is 18.5 Å². The number of rotatable bonds is 7. The van der Waals surface area contributed by atoms with E-state index in [1.165, 1.54) is 5.56 Å². The van der Waals surface area contributed by atoms with Crippen molar-refractivity contribution in [3.63, 3.8) is 0 Å². The van der Waals surface area contributed by atoms with E-state index in [0.29, 0.717) is 19.8 Å². The molecule has 0 fully saturated rings. The molecule has 2 rings (SSSR count). The molecule has 2 nitrogen and oxygen atoms in total. The van der Waals surface area contributed by atoms with Crippen LogP contribution >= 0.6 is 0 Å². The quantitative estimate of drug-likeness (QED) is 0.313. The van der Waals surface area contributed by atoms with E-state index in [4.69, 9.17) is 9.16 Å². The highest BCUT2D eigenvalue weighted by atomic mass is 28.4. The summed E-state index contributed by atoms with van der Waals surface area (Å²) in [7, 11) is -1.75. The summed E-state index contributed by atoms with van der Waals surface area (Å²) in [4.78, 5) is 0. The molecule has 0 unspecified atom stereocenters. The Morgan fingerprint density at radius 2 is 1.64 bits per heavy atom. The minimum absolute atomic E-state index is 0.202. The van der Waals surface area contributed by atoms with Crippen molar-refractivity contribution in [2.45, 2.75) is 45.5 Å². The van der Waals surface area contributed by atoms with E-state index in [-0.39, 0.29) is 5.04 Å². The van der Waals surface area contributed by atoms with Gasteiger partial charge in [-0.15, -0.1) is 0 Å². The van der Waals surface area contributed by atoms with Gasteiger partial charge in [0.1, 0.15) is 0 Å². The molecule has 0 amide bonds. The average molecular weight is 393 g/mol. The van der Waals surface area contributed by atoms with E-state index in [1.54, 1.807) is 0 Å².